The molecule has 1 N–H and O–H groups in total. The van der Waals surface area contributed by atoms with Crippen LogP contribution in [0.5, 0.6) is 0 Å². The van der Waals surface area contributed by atoms with Crippen LogP contribution in [-0.4, -0.2) is 21.3 Å². The van der Waals surface area contributed by atoms with E-state index in [0.29, 0.717) is 11.1 Å². The number of carboxylic acid groups (broad SMARTS) is 1. The van der Waals surface area contributed by atoms with Gasteiger partial charge in [-0.15, -0.1) is 0 Å². The van der Waals surface area contributed by atoms with E-state index in [9.17, 15) is 9.59 Å². The van der Waals surface area contributed by atoms with Gasteiger partial charge in [-0.05, 0) is 23.7 Å². The van der Waals surface area contributed by atoms with Gasteiger partial charge < -0.3 is 9.52 Å². The zero-order valence-corrected chi connectivity index (χ0v) is 9.14. The fourth-order valence-corrected chi connectivity index (χ4v) is 1.40. The zero-order chi connectivity index (χ0) is 12.4. The summed E-state index contributed by atoms with van der Waals surface area (Å²) in [4.78, 5) is 25.3. The van der Waals surface area contributed by atoms with Crippen molar-refractivity contribution in [1.82, 2.24) is 4.98 Å². The van der Waals surface area contributed by atoms with Crippen molar-refractivity contribution in [3.8, 4) is 11.5 Å². The van der Waals surface area contributed by atoms with Crippen LogP contribution in [0.1, 0.15) is 20.8 Å². The molecule has 1 aromatic carbocycles. The van der Waals surface area contributed by atoms with Gasteiger partial charge in [-0.3, -0.25) is 4.79 Å². The Morgan fingerprint density at radius 1 is 1.35 bits per heavy atom. The van der Waals surface area contributed by atoms with Gasteiger partial charge in [0, 0.05) is 11.1 Å². The lowest BCUT2D eigenvalue weighted by Crippen LogP contribution is -1.95. The van der Waals surface area contributed by atoms with Gasteiger partial charge in [0.05, 0.1) is 0 Å². The summed E-state index contributed by atoms with van der Waals surface area (Å²) in [6, 6.07) is 6.27. The molecule has 86 valence electrons. The molecule has 0 spiro atoms. The SMILES string of the molecule is O=C(Cl)c1cccc(-c2nc(C(=O)O)co2)c1. The highest BCUT2D eigenvalue weighted by Gasteiger charge is 2.12. The van der Waals surface area contributed by atoms with Crippen LogP contribution in [0.25, 0.3) is 11.5 Å². The summed E-state index contributed by atoms with van der Waals surface area (Å²) in [6.07, 6.45) is 1.03. The van der Waals surface area contributed by atoms with Crippen molar-refractivity contribution < 1.29 is 19.1 Å². The van der Waals surface area contributed by atoms with E-state index < -0.39 is 11.2 Å². The number of aromatic nitrogens is 1. The Morgan fingerprint density at radius 3 is 2.71 bits per heavy atom. The molecule has 6 heteroatoms. The number of rotatable bonds is 3. The molecule has 17 heavy (non-hydrogen) atoms. The van der Waals surface area contributed by atoms with E-state index in [1.165, 1.54) is 6.07 Å². The quantitative estimate of drug-likeness (QED) is 0.848. The molecule has 5 nitrogen and oxygen atoms in total. The number of oxazole rings is 1. The van der Waals surface area contributed by atoms with Gasteiger partial charge in [-0.2, -0.15) is 0 Å². The number of carbonyl (C=O) groups excluding carboxylic acids is 1. The van der Waals surface area contributed by atoms with E-state index >= 15 is 0 Å². The largest absolute Gasteiger partial charge is 0.476 e. The third kappa shape index (κ3) is 2.34. The topological polar surface area (TPSA) is 80.4 Å². The number of halogens is 1. The first-order valence-electron chi connectivity index (χ1n) is 4.57. The molecule has 0 saturated carbocycles. The summed E-state index contributed by atoms with van der Waals surface area (Å²) in [6.45, 7) is 0. The zero-order valence-electron chi connectivity index (χ0n) is 8.38. The molecule has 0 aliphatic rings. The highest BCUT2D eigenvalue weighted by atomic mass is 35.5. The molecule has 0 fully saturated rings. The minimum Gasteiger partial charge on any atom is -0.476 e. The lowest BCUT2D eigenvalue weighted by molar-refractivity contribution is 0.0690. The Bertz CT molecular complexity index is 591. The summed E-state index contributed by atoms with van der Waals surface area (Å²) in [5.41, 5.74) is 0.589. The Labute approximate surface area is 101 Å². The molecule has 2 aromatic rings. The van der Waals surface area contributed by atoms with Crippen molar-refractivity contribution in [1.29, 1.82) is 0 Å². The monoisotopic (exact) mass is 251 g/mol. The molecule has 0 saturated heterocycles. The number of carboxylic acids is 1. The Hall–Kier alpha value is -2.14. The first kappa shape index (κ1) is 11.3. The minimum atomic E-state index is -1.18. The second kappa shape index (κ2) is 4.39. The molecule has 0 aliphatic heterocycles. The van der Waals surface area contributed by atoms with Crippen LogP contribution in [0.3, 0.4) is 0 Å². The van der Waals surface area contributed by atoms with E-state index in [0.717, 1.165) is 6.26 Å². The standard InChI is InChI=1S/C11H6ClNO4/c12-9(14)6-2-1-3-7(4-6)10-13-8(5-17-10)11(15)16/h1-5H,(H,15,16). The number of hydrogen-bond donors (Lipinski definition) is 1. The van der Waals surface area contributed by atoms with Crippen LogP contribution in [0, 0.1) is 0 Å². The van der Waals surface area contributed by atoms with Gasteiger partial charge >= 0.3 is 5.97 Å². The Balaban J connectivity index is 2.42. The lowest BCUT2D eigenvalue weighted by atomic mass is 10.1. The van der Waals surface area contributed by atoms with Gasteiger partial charge in [0.2, 0.25) is 5.89 Å². The molecule has 0 aliphatic carbocycles. The number of nitrogens with zero attached hydrogens (tertiary/aromatic N) is 1. The fraction of sp³-hybridized carbons (Fsp3) is 0. The summed E-state index contributed by atoms with van der Waals surface area (Å²) in [5.74, 6) is -1.05. The molecule has 0 radical (unpaired) electrons. The highest BCUT2D eigenvalue weighted by Crippen LogP contribution is 2.20. The Morgan fingerprint density at radius 2 is 2.12 bits per heavy atom. The second-order valence-corrected chi connectivity index (χ2v) is 3.54. The van der Waals surface area contributed by atoms with Gasteiger partial charge in [0.25, 0.3) is 5.24 Å². The molecule has 1 aromatic heterocycles. The molecule has 1 heterocycles. The maximum absolute atomic E-state index is 11.0. The van der Waals surface area contributed by atoms with Crippen LogP contribution in [0.4, 0.5) is 0 Å². The smallest absolute Gasteiger partial charge is 0.357 e. The van der Waals surface area contributed by atoms with Gasteiger partial charge in [-0.1, -0.05) is 12.1 Å². The van der Waals surface area contributed by atoms with E-state index in [2.05, 4.69) is 4.98 Å². The van der Waals surface area contributed by atoms with Crippen LogP contribution in [-0.2, 0) is 0 Å². The summed E-state index contributed by atoms with van der Waals surface area (Å²) in [7, 11) is 0. The van der Waals surface area contributed by atoms with E-state index in [1.54, 1.807) is 18.2 Å². The lowest BCUT2D eigenvalue weighted by Gasteiger charge is -1.97. The van der Waals surface area contributed by atoms with E-state index in [-0.39, 0.29) is 11.6 Å². The van der Waals surface area contributed by atoms with Crippen molar-refractivity contribution in [3.05, 3.63) is 41.8 Å². The van der Waals surface area contributed by atoms with E-state index in [1.807, 2.05) is 0 Å². The maximum atomic E-state index is 11.0. The third-order valence-electron chi connectivity index (χ3n) is 2.06. The van der Waals surface area contributed by atoms with Crippen LogP contribution >= 0.6 is 11.6 Å². The molecule has 0 bridgehead atoms. The average Bonchev–Trinajstić information content (AvgIpc) is 2.78. The van der Waals surface area contributed by atoms with E-state index in [4.69, 9.17) is 21.1 Å². The van der Waals surface area contributed by atoms with Crippen molar-refractivity contribution in [2.75, 3.05) is 0 Å². The summed E-state index contributed by atoms with van der Waals surface area (Å²) >= 11 is 5.33. The van der Waals surface area contributed by atoms with Crippen molar-refractivity contribution in [2.24, 2.45) is 0 Å². The first-order chi connectivity index (χ1) is 8.08. The fourth-order valence-electron chi connectivity index (χ4n) is 1.28. The predicted molar refractivity (Wildman–Crippen MR) is 59.1 cm³/mol. The predicted octanol–water partition coefficient (Wildman–Crippen LogP) is 2.42. The summed E-state index contributed by atoms with van der Waals surface area (Å²) < 4.78 is 5.00. The van der Waals surface area contributed by atoms with Gasteiger partial charge in [0.15, 0.2) is 5.69 Å². The normalized spacial score (nSPS) is 10.2. The van der Waals surface area contributed by atoms with Gasteiger partial charge in [0.1, 0.15) is 6.26 Å². The third-order valence-corrected chi connectivity index (χ3v) is 2.28. The molecular weight excluding hydrogens is 246 g/mol. The molecule has 0 amide bonds. The van der Waals surface area contributed by atoms with Crippen LogP contribution < -0.4 is 0 Å². The minimum absolute atomic E-state index is 0.127. The average molecular weight is 252 g/mol. The Kier molecular flexibility index (Phi) is 2.93. The van der Waals surface area contributed by atoms with Gasteiger partial charge in [-0.25, -0.2) is 9.78 Å². The molecule has 0 unspecified atom stereocenters. The molecular formula is C11H6ClNO4. The first-order valence-corrected chi connectivity index (χ1v) is 4.95. The maximum Gasteiger partial charge on any atom is 0.357 e. The highest BCUT2D eigenvalue weighted by molar-refractivity contribution is 6.67. The van der Waals surface area contributed by atoms with Crippen molar-refractivity contribution in [3.63, 3.8) is 0 Å². The molecule has 2 rings (SSSR count). The number of benzene rings is 1. The van der Waals surface area contributed by atoms with Crippen LogP contribution in [0.2, 0.25) is 0 Å². The number of hydrogen-bond acceptors (Lipinski definition) is 4. The summed E-state index contributed by atoms with van der Waals surface area (Å²) in [5, 5.41) is 8.09. The van der Waals surface area contributed by atoms with Crippen LogP contribution in [0.15, 0.2) is 34.9 Å². The number of carbonyl (C=O) groups is 2. The van der Waals surface area contributed by atoms with Crippen molar-refractivity contribution >= 4 is 22.8 Å². The molecule has 0 atom stereocenters. The number of aromatic carboxylic acids is 1. The second-order valence-electron chi connectivity index (χ2n) is 3.20. The van der Waals surface area contributed by atoms with Crippen molar-refractivity contribution in [2.45, 2.75) is 0 Å².